The number of carbonyl (C=O) groups is 1. The van der Waals surface area contributed by atoms with Crippen LogP contribution in [0.5, 0.6) is 0 Å². The zero-order valence-electron chi connectivity index (χ0n) is 4.85. The monoisotopic (exact) mass is 179 g/mol. The zero-order valence-corrected chi connectivity index (χ0v) is 6.44. The summed E-state index contributed by atoms with van der Waals surface area (Å²) >= 11 is 2.94. The average Bonchev–Trinajstić information content (AvgIpc) is 1.64. The first-order valence-electron chi connectivity index (χ1n) is 2.40. The third-order valence-electron chi connectivity index (χ3n) is 0.810. The number of aliphatic carboxylic acids is 1. The van der Waals surface area contributed by atoms with Gasteiger partial charge in [-0.2, -0.15) is 0 Å². The lowest BCUT2D eigenvalue weighted by molar-refractivity contribution is -0.305. The van der Waals surface area contributed by atoms with Crippen molar-refractivity contribution in [3.8, 4) is 0 Å². The Morgan fingerprint density at radius 3 is 2.00 bits per heavy atom. The van der Waals surface area contributed by atoms with Gasteiger partial charge in [0.05, 0.1) is 10.8 Å². The molecule has 0 saturated heterocycles. The molecular formula is C5H8BrO2-. The summed E-state index contributed by atoms with van der Waals surface area (Å²) in [6.45, 7) is 3.63. The molecule has 0 radical (unpaired) electrons. The molecule has 0 N–H and O–H groups in total. The highest BCUT2D eigenvalue weighted by Crippen LogP contribution is 2.09. The third kappa shape index (κ3) is 2.31. The van der Waals surface area contributed by atoms with E-state index >= 15 is 0 Å². The number of carboxylic acids is 1. The van der Waals surface area contributed by atoms with Crippen molar-refractivity contribution in [2.24, 2.45) is 5.92 Å². The normalized spacial score (nSPS) is 14.0. The fourth-order valence-corrected chi connectivity index (χ4v) is 0.272. The van der Waals surface area contributed by atoms with Crippen molar-refractivity contribution in [2.45, 2.75) is 18.7 Å². The highest BCUT2D eigenvalue weighted by molar-refractivity contribution is 9.10. The predicted octanol–water partition coefficient (Wildman–Crippen LogP) is 0.156. The van der Waals surface area contributed by atoms with Gasteiger partial charge in [0.25, 0.3) is 0 Å². The van der Waals surface area contributed by atoms with Gasteiger partial charge in [-0.3, -0.25) is 0 Å². The van der Waals surface area contributed by atoms with Crippen LogP contribution in [0.3, 0.4) is 0 Å². The first kappa shape index (κ1) is 7.95. The molecule has 0 unspecified atom stereocenters. The molecular weight excluding hydrogens is 172 g/mol. The molecule has 3 heteroatoms. The van der Waals surface area contributed by atoms with Crippen molar-refractivity contribution >= 4 is 21.9 Å². The predicted molar refractivity (Wildman–Crippen MR) is 32.6 cm³/mol. The molecule has 0 aliphatic carbocycles. The number of rotatable bonds is 2. The summed E-state index contributed by atoms with van der Waals surface area (Å²) in [5.74, 6) is -0.944. The van der Waals surface area contributed by atoms with Gasteiger partial charge >= 0.3 is 0 Å². The largest absolute Gasteiger partial charge is 0.549 e. The smallest absolute Gasteiger partial charge is 0.0564 e. The molecule has 0 aromatic carbocycles. The highest BCUT2D eigenvalue weighted by Gasteiger charge is 2.08. The lowest BCUT2D eigenvalue weighted by atomic mass is 10.1. The minimum atomic E-state index is -1.04. The van der Waals surface area contributed by atoms with E-state index in [2.05, 4.69) is 15.9 Å². The first-order chi connectivity index (χ1) is 3.55. The van der Waals surface area contributed by atoms with E-state index in [1.54, 1.807) is 0 Å². The molecule has 0 aliphatic heterocycles. The van der Waals surface area contributed by atoms with Crippen molar-refractivity contribution in [3.63, 3.8) is 0 Å². The fraction of sp³-hybridized carbons (Fsp3) is 0.800. The number of hydrogen-bond donors (Lipinski definition) is 0. The van der Waals surface area contributed by atoms with Crippen LogP contribution in [-0.2, 0) is 4.79 Å². The van der Waals surface area contributed by atoms with Gasteiger partial charge in [0.15, 0.2) is 0 Å². The van der Waals surface area contributed by atoms with Crippen LogP contribution < -0.4 is 5.11 Å². The lowest BCUT2D eigenvalue weighted by Gasteiger charge is -2.13. The Labute approximate surface area is 57.0 Å². The first-order valence-corrected chi connectivity index (χ1v) is 3.32. The second-order valence-electron chi connectivity index (χ2n) is 1.96. The van der Waals surface area contributed by atoms with E-state index in [-0.39, 0.29) is 5.92 Å². The maximum Gasteiger partial charge on any atom is 0.0564 e. The summed E-state index contributed by atoms with van der Waals surface area (Å²) in [5.41, 5.74) is 0. The second-order valence-corrected chi connectivity index (χ2v) is 2.95. The number of hydrogen-bond acceptors (Lipinski definition) is 2. The van der Waals surface area contributed by atoms with Gasteiger partial charge in [-0.05, 0) is 5.92 Å². The molecule has 0 fully saturated rings. The molecule has 0 bridgehead atoms. The van der Waals surface area contributed by atoms with Gasteiger partial charge in [-0.15, -0.1) is 0 Å². The molecule has 1 atom stereocenters. The van der Waals surface area contributed by atoms with Gasteiger partial charge in [0.2, 0.25) is 0 Å². The molecule has 0 heterocycles. The molecule has 0 rings (SSSR count). The number of carboxylic acid groups (broad SMARTS) is 1. The van der Waals surface area contributed by atoms with E-state index in [0.717, 1.165) is 0 Å². The van der Waals surface area contributed by atoms with Crippen molar-refractivity contribution < 1.29 is 9.90 Å². The van der Waals surface area contributed by atoms with E-state index in [0.29, 0.717) is 0 Å². The van der Waals surface area contributed by atoms with Crippen LogP contribution >= 0.6 is 15.9 Å². The Hall–Kier alpha value is -0.0500. The molecule has 0 spiro atoms. The van der Waals surface area contributed by atoms with E-state index in [4.69, 9.17) is 0 Å². The van der Waals surface area contributed by atoms with E-state index in [9.17, 15) is 9.90 Å². The van der Waals surface area contributed by atoms with Crippen LogP contribution in [0.15, 0.2) is 0 Å². The summed E-state index contributed by atoms with van der Waals surface area (Å²) in [7, 11) is 0. The molecule has 8 heavy (non-hydrogen) atoms. The van der Waals surface area contributed by atoms with Crippen LogP contribution in [0.1, 0.15) is 13.8 Å². The molecule has 0 amide bonds. The summed E-state index contributed by atoms with van der Waals surface area (Å²) in [6, 6.07) is 0. The minimum absolute atomic E-state index is 0.0972. The van der Waals surface area contributed by atoms with E-state index < -0.39 is 10.8 Å². The molecule has 0 aromatic rings. The second kappa shape index (κ2) is 3.07. The maximum absolute atomic E-state index is 9.98. The summed E-state index contributed by atoms with van der Waals surface area (Å²) in [4.78, 5) is 9.47. The number of halogens is 1. The topological polar surface area (TPSA) is 40.1 Å². The summed E-state index contributed by atoms with van der Waals surface area (Å²) < 4.78 is 0. The highest BCUT2D eigenvalue weighted by atomic mass is 79.9. The molecule has 2 nitrogen and oxygen atoms in total. The Bertz CT molecular complexity index is 90.4. The van der Waals surface area contributed by atoms with E-state index in [1.807, 2.05) is 13.8 Å². The molecule has 48 valence electrons. The van der Waals surface area contributed by atoms with Gasteiger partial charge in [-0.1, -0.05) is 29.8 Å². The quantitative estimate of drug-likeness (QED) is 0.567. The zero-order chi connectivity index (χ0) is 6.73. The molecule has 0 aromatic heterocycles. The van der Waals surface area contributed by atoms with Crippen LogP contribution in [0.25, 0.3) is 0 Å². The van der Waals surface area contributed by atoms with Crippen molar-refractivity contribution in [1.29, 1.82) is 0 Å². The maximum atomic E-state index is 9.98. The Kier molecular flexibility index (Phi) is 3.05. The van der Waals surface area contributed by atoms with Gasteiger partial charge in [0.1, 0.15) is 0 Å². The molecule has 0 aliphatic rings. The lowest BCUT2D eigenvalue weighted by Crippen LogP contribution is -2.34. The van der Waals surface area contributed by atoms with Crippen LogP contribution in [0.2, 0.25) is 0 Å². The number of alkyl halides is 1. The van der Waals surface area contributed by atoms with Crippen molar-refractivity contribution in [3.05, 3.63) is 0 Å². The Balaban J connectivity index is 3.64. The van der Waals surface area contributed by atoms with E-state index in [1.165, 1.54) is 0 Å². The van der Waals surface area contributed by atoms with Gasteiger partial charge in [-0.25, -0.2) is 0 Å². The Morgan fingerprint density at radius 2 is 2.00 bits per heavy atom. The summed E-state index contributed by atoms with van der Waals surface area (Å²) in [6.07, 6.45) is 0. The minimum Gasteiger partial charge on any atom is -0.549 e. The van der Waals surface area contributed by atoms with Crippen molar-refractivity contribution in [1.82, 2.24) is 0 Å². The summed E-state index contributed by atoms with van der Waals surface area (Å²) in [5, 5.41) is 9.98. The fourth-order valence-electron chi connectivity index (χ4n) is 0.272. The van der Waals surface area contributed by atoms with Crippen LogP contribution in [0, 0.1) is 5.92 Å². The third-order valence-corrected chi connectivity index (χ3v) is 2.24. The van der Waals surface area contributed by atoms with Gasteiger partial charge in [0, 0.05) is 0 Å². The van der Waals surface area contributed by atoms with Crippen LogP contribution in [-0.4, -0.2) is 10.8 Å². The standard InChI is InChI=1S/C5H9BrO2/c1-3(2)4(6)5(7)8/h3-4H,1-2H3,(H,7,8)/p-1/t4-/m0/s1. The van der Waals surface area contributed by atoms with Crippen molar-refractivity contribution in [2.75, 3.05) is 0 Å². The SMILES string of the molecule is CC(C)[C@H](Br)C(=O)[O-]. The Morgan fingerprint density at radius 1 is 1.62 bits per heavy atom. The van der Waals surface area contributed by atoms with Crippen LogP contribution in [0.4, 0.5) is 0 Å². The van der Waals surface area contributed by atoms with Gasteiger partial charge < -0.3 is 9.90 Å². The average molecular weight is 180 g/mol. The molecule has 0 saturated carbocycles. The number of carbonyl (C=O) groups excluding carboxylic acids is 1.